The molecule has 0 spiro atoms. The zero-order chi connectivity index (χ0) is 42.6. The molecule has 3 heterocycles. The molecule has 58 heavy (non-hydrogen) atoms. The monoisotopic (exact) mass is 810 g/mol. The highest BCUT2D eigenvalue weighted by atomic mass is 16.6. The first-order valence-corrected chi connectivity index (χ1v) is 22.0. The Hall–Kier alpha value is -3.25. The largest absolute Gasteiger partial charge is 0.460 e. The maximum atomic E-state index is 14.2. The van der Waals surface area contributed by atoms with Crippen LogP contribution in [0.1, 0.15) is 144 Å². The van der Waals surface area contributed by atoms with Gasteiger partial charge < -0.3 is 29.7 Å². The Morgan fingerprint density at radius 1 is 0.862 bits per heavy atom. The molecule has 1 aliphatic carbocycles. The lowest BCUT2D eigenvalue weighted by Crippen LogP contribution is -2.60. The van der Waals surface area contributed by atoms with Gasteiger partial charge in [0.05, 0.1) is 18.3 Å². The highest BCUT2D eigenvalue weighted by Crippen LogP contribution is 2.37. The Kier molecular flexibility index (Phi) is 18.3. The van der Waals surface area contributed by atoms with Gasteiger partial charge in [0, 0.05) is 37.1 Å². The summed E-state index contributed by atoms with van der Waals surface area (Å²) in [6.45, 7) is 11.1. The second-order valence-electron chi connectivity index (χ2n) is 18.0. The average molecular weight is 810 g/mol. The number of ketones is 3. The summed E-state index contributed by atoms with van der Waals surface area (Å²) < 4.78 is 12.3. The molecule has 1 amide bonds. The summed E-state index contributed by atoms with van der Waals surface area (Å²) in [5, 5.41) is 33.1. The second kappa shape index (κ2) is 22.4. The maximum absolute atomic E-state index is 14.2. The fraction of sp³-hybridized carbons (Fsp3) is 0.723. The molecule has 1 saturated carbocycles. The Balaban J connectivity index is 1.62. The number of rotatable bonds is 3. The number of esters is 1. The molecule has 11 nitrogen and oxygen atoms in total. The molecule has 3 N–H and O–H groups in total. The fourth-order valence-corrected chi connectivity index (χ4v) is 8.96. The average Bonchev–Trinajstić information content (AvgIpc) is 3.19. The van der Waals surface area contributed by atoms with Crippen molar-refractivity contribution in [3.63, 3.8) is 0 Å². The number of aliphatic hydroxyl groups excluding tert-OH is 2. The third kappa shape index (κ3) is 13.4. The third-order valence-corrected chi connectivity index (χ3v) is 13.1. The minimum absolute atomic E-state index is 0.0499. The van der Waals surface area contributed by atoms with Crippen molar-refractivity contribution in [3.05, 3.63) is 47.6 Å². The number of Topliss-reactive ketones (excluding diaryl/α,β-unsaturated/α-hetero) is 3. The number of ether oxygens (including phenoxy) is 2. The summed E-state index contributed by atoms with van der Waals surface area (Å²) >= 11 is 0. The maximum Gasteiger partial charge on any atom is 0.329 e. The molecule has 324 valence electrons. The number of hydrogen-bond donors (Lipinski definition) is 3. The normalized spacial score (nSPS) is 38.7. The van der Waals surface area contributed by atoms with Crippen molar-refractivity contribution in [1.82, 2.24) is 4.90 Å². The first kappa shape index (κ1) is 47.4. The Labute approximate surface area is 346 Å². The molecule has 0 aromatic carbocycles. The zero-order valence-corrected chi connectivity index (χ0v) is 35.9. The quantitative estimate of drug-likeness (QED) is 0.153. The second-order valence-corrected chi connectivity index (χ2v) is 18.0. The van der Waals surface area contributed by atoms with Crippen LogP contribution in [-0.2, 0) is 33.4 Å². The van der Waals surface area contributed by atoms with Gasteiger partial charge in [-0.05, 0) is 108 Å². The number of amides is 1. The molecule has 2 bridgehead atoms. The van der Waals surface area contributed by atoms with E-state index in [0.29, 0.717) is 69.8 Å². The molecule has 4 aliphatic rings. The number of aliphatic hydroxyl groups is 3. The Morgan fingerprint density at radius 2 is 1.62 bits per heavy atom. The molecule has 2 saturated heterocycles. The van der Waals surface area contributed by atoms with Crippen molar-refractivity contribution in [1.29, 1.82) is 0 Å². The summed E-state index contributed by atoms with van der Waals surface area (Å²) in [4.78, 5) is 70.3. The van der Waals surface area contributed by atoms with Gasteiger partial charge in [-0.2, -0.15) is 0 Å². The van der Waals surface area contributed by atoms with Gasteiger partial charge in [0.25, 0.3) is 11.7 Å². The van der Waals surface area contributed by atoms with Crippen molar-refractivity contribution in [2.45, 2.75) is 181 Å². The Bertz CT molecular complexity index is 1560. The van der Waals surface area contributed by atoms with E-state index in [1.165, 1.54) is 4.90 Å². The number of nitrogens with zero attached hydrogens (tertiary/aromatic N) is 1. The lowest BCUT2D eigenvalue weighted by molar-refractivity contribution is -0.263. The van der Waals surface area contributed by atoms with Gasteiger partial charge in [0.15, 0.2) is 0 Å². The van der Waals surface area contributed by atoms with E-state index in [0.717, 1.165) is 24.8 Å². The summed E-state index contributed by atoms with van der Waals surface area (Å²) in [6.07, 6.45) is 17.5. The predicted molar refractivity (Wildman–Crippen MR) is 222 cm³/mol. The molecule has 11 atom stereocenters. The number of carbonyl (C=O) groups excluding carboxylic acids is 5. The van der Waals surface area contributed by atoms with E-state index in [9.17, 15) is 39.3 Å². The molecule has 11 heteroatoms. The van der Waals surface area contributed by atoms with E-state index in [2.05, 4.69) is 0 Å². The SMILES string of the molecule is C\C1=C/C=C/C=C/CCC(C)C(=O)CC(O)/C(C)=C/[C@@H](C)C(=O)CC([C@H](C)CC2CCCC(O)C2)OC(=O)C2CCCCN2C(=O)C(=O)[C@@]2(O)O[C@H](CC1)CCC2C. The van der Waals surface area contributed by atoms with Crippen LogP contribution in [0.25, 0.3) is 0 Å². The molecular weight excluding hydrogens is 739 g/mol. The highest BCUT2D eigenvalue weighted by molar-refractivity contribution is 6.39. The van der Waals surface area contributed by atoms with E-state index in [4.69, 9.17) is 9.47 Å². The van der Waals surface area contributed by atoms with Crippen LogP contribution in [0.4, 0.5) is 0 Å². The minimum Gasteiger partial charge on any atom is -0.460 e. The van der Waals surface area contributed by atoms with Crippen LogP contribution in [-0.4, -0.2) is 92.2 Å². The van der Waals surface area contributed by atoms with Gasteiger partial charge in [-0.1, -0.05) is 82.6 Å². The smallest absolute Gasteiger partial charge is 0.329 e. The van der Waals surface area contributed by atoms with Crippen LogP contribution < -0.4 is 0 Å². The molecule has 7 unspecified atom stereocenters. The van der Waals surface area contributed by atoms with Crippen LogP contribution in [0.15, 0.2) is 47.6 Å². The fourth-order valence-electron chi connectivity index (χ4n) is 8.96. The summed E-state index contributed by atoms with van der Waals surface area (Å²) in [7, 11) is 0. The zero-order valence-electron chi connectivity index (χ0n) is 35.9. The van der Waals surface area contributed by atoms with Crippen LogP contribution in [0.2, 0.25) is 0 Å². The molecular formula is C47H71NO10. The van der Waals surface area contributed by atoms with Gasteiger partial charge in [0.2, 0.25) is 5.79 Å². The van der Waals surface area contributed by atoms with Crippen molar-refractivity contribution < 1.29 is 48.8 Å². The van der Waals surface area contributed by atoms with Gasteiger partial charge in [-0.15, -0.1) is 0 Å². The molecule has 3 fully saturated rings. The molecule has 3 aliphatic heterocycles. The van der Waals surface area contributed by atoms with Crippen molar-refractivity contribution in [2.75, 3.05) is 6.54 Å². The predicted octanol–water partition coefficient (Wildman–Crippen LogP) is 7.06. The molecule has 0 radical (unpaired) electrons. The first-order valence-electron chi connectivity index (χ1n) is 22.0. The van der Waals surface area contributed by atoms with E-state index in [1.807, 2.05) is 51.2 Å². The number of allylic oxidation sites excluding steroid dienone is 7. The van der Waals surface area contributed by atoms with Crippen LogP contribution in [0.3, 0.4) is 0 Å². The highest BCUT2D eigenvalue weighted by Gasteiger charge is 2.52. The Morgan fingerprint density at radius 3 is 2.36 bits per heavy atom. The van der Waals surface area contributed by atoms with E-state index in [-0.39, 0.29) is 55.1 Å². The number of hydrogen-bond acceptors (Lipinski definition) is 10. The van der Waals surface area contributed by atoms with Gasteiger partial charge in [-0.3, -0.25) is 19.2 Å². The van der Waals surface area contributed by atoms with Gasteiger partial charge in [0.1, 0.15) is 23.7 Å². The molecule has 0 aromatic rings. The van der Waals surface area contributed by atoms with E-state index < -0.39 is 65.7 Å². The van der Waals surface area contributed by atoms with Gasteiger partial charge in [-0.25, -0.2) is 4.79 Å². The summed E-state index contributed by atoms with van der Waals surface area (Å²) in [6, 6.07) is -1.08. The standard InChI is InChI=1S/C47H71NO10/c1-30-15-10-8-7-9-11-16-31(2)40(50)28-41(51)32(3)25-33(4)42(52)29-43(34(5)26-36-17-14-18-37(49)27-36)57-46(55)39-19-12-13-24-48(39)45(54)44(53)47(56)35(6)21-23-38(58-47)22-20-30/h7-10,15,25,31,33-39,41,43,49,51,56H,11-14,16-24,26-29H2,1-6H3/b9-7+,10-8+,30-15+,32-25+/t31?,33-,34-,35?,36?,37?,38-,39?,41?,43?,47+/m1/s1. The topological polar surface area (TPSA) is 168 Å². The molecule has 4 rings (SSSR count). The number of piperidine rings is 1. The van der Waals surface area contributed by atoms with Gasteiger partial charge >= 0.3 is 5.97 Å². The number of cyclic esters (lactones) is 1. The molecule has 0 aromatic heterocycles. The summed E-state index contributed by atoms with van der Waals surface area (Å²) in [5.74, 6) is -6.95. The lowest BCUT2D eigenvalue weighted by Gasteiger charge is -2.42. The van der Waals surface area contributed by atoms with Crippen LogP contribution in [0, 0.1) is 29.6 Å². The van der Waals surface area contributed by atoms with Crippen molar-refractivity contribution in [2.24, 2.45) is 29.6 Å². The van der Waals surface area contributed by atoms with E-state index in [1.54, 1.807) is 26.8 Å². The van der Waals surface area contributed by atoms with Crippen molar-refractivity contribution >= 4 is 29.2 Å². The first-order chi connectivity index (χ1) is 27.5. The lowest BCUT2D eigenvalue weighted by atomic mass is 9.79. The van der Waals surface area contributed by atoms with Crippen LogP contribution >= 0.6 is 0 Å². The number of carbonyl (C=O) groups is 5. The third-order valence-electron chi connectivity index (χ3n) is 13.1. The summed E-state index contributed by atoms with van der Waals surface area (Å²) in [5.41, 5.74) is 1.60. The van der Waals surface area contributed by atoms with E-state index >= 15 is 0 Å². The van der Waals surface area contributed by atoms with Crippen LogP contribution in [0.5, 0.6) is 0 Å². The van der Waals surface area contributed by atoms with Crippen molar-refractivity contribution in [3.8, 4) is 0 Å². The minimum atomic E-state index is -2.33. The number of fused-ring (bicyclic) bond motifs is 3.